The Hall–Kier alpha value is 0.358. The summed E-state index contributed by atoms with van der Waals surface area (Å²) in [6, 6.07) is 0. The average molecular weight is 282 g/mol. The maximum atomic E-state index is 7.50. The van der Waals surface area contributed by atoms with Gasteiger partial charge in [-0.2, -0.15) is 0 Å². The molecular formula is C6H10OW. The van der Waals surface area contributed by atoms with Crippen LogP contribution < -0.4 is 0 Å². The Morgan fingerprint density at radius 3 is 1.00 bits per heavy atom. The van der Waals surface area contributed by atoms with Gasteiger partial charge in [-0.25, -0.2) is 0 Å². The molecule has 0 spiro atoms. The predicted molar refractivity (Wildman–Crippen MR) is 28.8 cm³/mol. The van der Waals surface area contributed by atoms with Crippen molar-refractivity contribution in [2.75, 3.05) is 0 Å². The van der Waals surface area contributed by atoms with Gasteiger partial charge in [0.15, 0.2) is 0 Å². The van der Waals surface area contributed by atoms with Crippen LogP contribution >= 0.6 is 0 Å². The van der Waals surface area contributed by atoms with E-state index in [1.165, 1.54) is 32.1 Å². The van der Waals surface area contributed by atoms with E-state index in [2.05, 4.69) is 6.79 Å². The topological polar surface area (TPSA) is 17.1 Å². The van der Waals surface area contributed by atoms with Crippen LogP contribution in [0.3, 0.4) is 0 Å². The Morgan fingerprint density at radius 1 is 0.750 bits per heavy atom. The van der Waals surface area contributed by atoms with E-state index in [4.69, 9.17) is 4.79 Å². The molecule has 0 aromatic rings. The molecule has 0 bridgehead atoms. The maximum Gasteiger partial charge on any atom is 0.281 e. The zero-order valence-corrected chi connectivity index (χ0v) is 7.79. The molecule has 0 aromatic carbocycles. The first-order valence-corrected chi connectivity index (χ1v) is 2.70. The minimum atomic E-state index is 0. The van der Waals surface area contributed by atoms with E-state index in [1.807, 2.05) is 0 Å². The molecule has 0 amide bonds. The minimum absolute atomic E-state index is 0. The van der Waals surface area contributed by atoms with Crippen LogP contribution in [0.4, 0.5) is 0 Å². The summed E-state index contributed by atoms with van der Waals surface area (Å²) in [6.45, 7) is 4.50. The quantitative estimate of drug-likeness (QED) is 0.659. The van der Waals surface area contributed by atoms with Gasteiger partial charge in [0.2, 0.25) is 0 Å². The fraction of sp³-hybridized carbons (Fsp3) is 0.833. The second-order valence-corrected chi connectivity index (χ2v) is 1.77. The van der Waals surface area contributed by atoms with Crippen molar-refractivity contribution in [3.8, 4) is 0 Å². The van der Waals surface area contributed by atoms with Gasteiger partial charge in [-0.3, -0.25) is 4.79 Å². The summed E-state index contributed by atoms with van der Waals surface area (Å²) in [6.07, 6.45) is 7.50. The fourth-order valence-corrected chi connectivity index (χ4v) is 0.884. The Balaban J connectivity index is 0. The number of hydrogen-bond donors (Lipinski definition) is 0. The van der Waals surface area contributed by atoms with Crippen LogP contribution in [0.25, 0.3) is 0 Å². The number of rotatable bonds is 0. The summed E-state index contributed by atoms with van der Waals surface area (Å²) in [5, 5.41) is 0. The molecule has 1 nitrogen and oxygen atoms in total. The zero-order valence-electron chi connectivity index (χ0n) is 4.85. The third kappa shape index (κ3) is 6.36. The number of carbonyl (C=O) groups excluding carboxylic acids is 1. The molecule has 0 aromatic heterocycles. The van der Waals surface area contributed by atoms with Gasteiger partial charge >= 0.3 is 0 Å². The van der Waals surface area contributed by atoms with E-state index in [-0.39, 0.29) is 21.1 Å². The van der Waals surface area contributed by atoms with Crippen LogP contribution in [-0.4, -0.2) is 6.79 Å². The van der Waals surface area contributed by atoms with Crippen molar-refractivity contribution >= 4 is 6.79 Å². The molecule has 2 radical (unpaired) electrons. The summed E-state index contributed by atoms with van der Waals surface area (Å²) < 4.78 is 0. The molecule has 0 saturated heterocycles. The van der Waals surface area contributed by atoms with Crippen LogP contribution in [0, 0.1) is 0 Å². The molecule has 0 unspecified atom stereocenters. The van der Waals surface area contributed by atoms with Gasteiger partial charge in [0, 0.05) is 21.1 Å². The average Bonchev–Trinajstić information content (AvgIpc) is 2.23. The van der Waals surface area contributed by atoms with Crippen LogP contribution in [0.15, 0.2) is 0 Å². The molecule has 0 aliphatic heterocycles. The summed E-state index contributed by atoms with van der Waals surface area (Å²) in [5.41, 5.74) is 0. The first kappa shape index (κ1) is 11.2. The monoisotopic (exact) mass is 282 g/mol. The van der Waals surface area contributed by atoms with Gasteiger partial charge in [0.25, 0.3) is 6.79 Å². The largest absolute Gasteiger partial charge is 0.281 e. The van der Waals surface area contributed by atoms with Gasteiger partial charge in [-0.15, -0.1) is 0 Å². The minimum Gasteiger partial charge on any atom is -0.281 e. The molecule has 46 valence electrons. The van der Waals surface area contributed by atoms with Crippen molar-refractivity contribution < 1.29 is 25.9 Å². The maximum absolute atomic E-state index is 7.50. The third-order valence-corrected chi connectivity index (χ3v) is 1.25. The predicted octanol–water partition coefficient (Wildman–Crippen LogP) is 1.55. The molecule has 8 heavy (non-hydrogen) atoms. The molecule has 0 atom stereocenters. The Bertz CT molecular complexity index is 27.9. The van der Waals surface area contributed by atoms with E-state index >= 15 is 0 Å². The summed E-state index contributed by atoms with van der Waals surface area (Å²) >= 11 is 0. The number of hydrogen-bond acceptors (Lipinski definition) is 1. The summed E-state index contributed by atoms with van der Waals surface area (Å²) in [5.74, 6) is 0. The fourth-order valence-electron chi connectivity index (χ4n) is 0.884. The molecule has 0 heterocycles. The van der Waals surface area contributed by atoms with Crippen LogP contribution in [-0.2, 0) is 25.9 Å². The standard InChI is InChI=1S/C5H10.CO.W/c1-2-4-5-3-1;1-2;/h1-5H2;;. The Morgan fingerprint density at radius 2 is 0.875 bits per heavy atom. The Kier molecular flexibility index (Phi) is 14.5. The van der Waals surface area contributed by atoms with Gasteiger partial charge in [-0.1, -0.05) is 32.1 Å². The van der Waals surface area contributed by atoms with Crippen LogP contribution in [0.1, 0.15) is 32.1 Å². The van der Waals surface area contributed by atoms with E-state index in [1.54, 1.807) is 0 Å². The second kappa shape index (κ2) is 10.4. The van der Waals surface area contributed by atoms with Crippen molar-refractivity contribution in [1.29, 1.82) is 0 Å². The molecular weight excluding hydrogens is 272 g/mol. The van der Waals surface area contributed by atoms with Gasteiger partial charge in [-0.05, 0) is 0 Å². The molecule has 1 fully saturated rings. The van der Waals surface area contributed by atoms with Gasteiger partial charge in [0.1, 0.15) is 0 Å². The van der Waals surface area contributed by atoms with Gasteiger partial charge < -0.3 is 0 Å². The van der Waals surface area contributed by atoms with E-state index in [0.717, 1.165) is 0 Å². The molecule has 2 heteroatoms. The molecule has 1 rings (SSSR count). The van der Waals surface area contributed by atoms with Crippen molar-refractivity contribution in [3.63, 3.8) is 0 Å². The Labute approximate surface area is 65.1 Å². The molecule has 0 N–H and O–H groups in total. The van der Waals surface area contributed by atoms with Crippen LogP contribution in [0.5, 0.6) is 0 Å². The second-order valence-electron chi connectivity index (χ2n) is 1.77. The van der Waals surface area contributed by atoms with E-state index in [9.17, 15) is 0 Å². The first-order chi connectivity index (χ1) is 3.50. The zero-order chi connectivity index (χ0) is 5.54. The van der Waals surface area contributed by atoms with Crippen molar-refractivity contribution in [1.82, 2.24) is 0 Å². The molecule has 1 aliphatic carbocycles. The molecule has 1 saturated carbocycles. The summed E-state index contributed by atoms with van der Waals surface area (Å²) in [4.78, 5) is 7.50. The smallest absolute Gasteiger partial charge is 0.281 e. The summed E-state index contributed by atoms with van der Waals surface area (Å²) in [7, 11) is 0. The molecule has 1 aliphatic rings. The van der Waals surface area contributed by atoms with E-state index in [0.29, 0.717) is 0 Å². The van der Waals surface area contributed by atoms with Crippen molar-refractivity contribution in [3.05, 3.63) is 0 Å². The van der Waals surface area contributed by atoms with Crippen LogP contribution in [0.2, 0.25) is 0 Å². The van der Waals surface area contributed by atoms with Crippen molar-refractivity contribution in [2.45, 2.75) is 32.1 Å². The third-order valence-electron chi connectivity index (χ3n) is 1.25. The van der Waals surface area contributed by atoms with Gasteiger partial charge in [0.05, 0.1) is 0 Å². The van der Waals surface area contributed by atoms with E-state index < -0.39 is 0 Å². The first-order valence-electron chi connectivity index (χ1n) is 2.70. The SMILES string of the molecule is C1CCCC1.[C]=O.[W]. The normalized spacial score (nSPS) is 15.5. The van der Waals surface area contributed by atoms with Crippen molar-refractivity contribution in [2.24, 2.45) is 0 Å².